The number of benzene rings is 1. The molecular formula is C15H16F2N2O6S. The Bertz CT molecular complexity index is 875. The zero-order valence-electron chi connectivity index (χ0n) is 13.5. The van der Waals surface area contributed by atoms with Crippen LogP contribution in [0.5, 0.6) is 0 Å². The topological polar surface area (TPSA) is 118 Å². The van der Waals surface area contributed by atoms with Crippen molar-refractivity contribution < 1.29 is 32.0 Å². The first-order valence-electron chi connectivity index (χ1n) is 7.88. The average Bonchev–Trinajstić information content (AvgIpc) is 3.12. The third-order valence-corrected chi connectivity index (χ3v) is 6.72. The number of rotatable bonds is 5. The van der Waals surface area contributed by atoms with E-state index < -0.39 is 42.5 Å². The molecule has 1 heterocycles. The second kappa shape index (κ2) is 6.15. The highest BCUT2D eigenvalue weighted by atomic mass is 32.2. The molecule has 0 aromatic heterocycles. The number of carboxylic acids is 1. The summed E-state index contributed by atoms with van der Waals surface area (Å²) in [5, 5.41) is 21.0. The van der Waals surface area contributed by atoms with Crippen molar-refractivity contribution in [2.45, 2.75) is 29.9 Å². The second-order valence-corrected chi connectivity index (χ2v) is 8.56. The zero-order valence-corrected chi connectivity index (χ0v) is 14.3. The van der Waals surface area contributed by atoms with E-state index in [1.165, 1.54) is 4.90 Å². The van der Waals surface area contributed by atoms with Gasteiger partial charge >= 0.3 is 11.7 Å². The molecule has 1 saturated heterocycles. The largest absolute Gasteiger partial charge is 0.481 e. The maximum absolute atomic E-state index is 12.7. The molecule has 2 fully saturated rings. The van der Waals surface area contributed by atoms with Crippen molar-refractivity contribution in [2.24, 2.45) is 11.3 Å². The summed E-state index contributed by atoms with van der Waals surface area (Å²) in [6.07, 6.45) is 1.92. The first kappa shape index (κ1) is 18.5. The summed E-state index contributed by atoms with van der Waals surface area (Å²) in [4.78, 5) is 23.0. The van der Waals surface area contributed by atoms with E-state index in [0.29, 0.717) is 18.9 Å². The van der Waals surface area contributed by atoms with E-state index >= 15 is 0 Å². The van der Waals surface area contributed by atoms with E-state index in [0.717, 1.165) is 18.6 Å². The molecule has 0 bridgehead atoms. The normalized spacial score (nSPS) is 25.5. The van der Waals surface area contributed by atoms with Crippen LogP contribution in [0.2, 0.25) is 0 Å². The zero-order chi connectivity index (χ0) is 19.3. The average molecular weight is 390 g/mol. The lowest BCUT2D eigenvalue weighted by Gasteiger charge is -2.24. The number of nitrogens with zero attached hydrogens (tertiary/aromatic N) is 2. The van der Waals surface area contributed by atoms with Crippen LogP contribution in [0.15, 0.2) is 23.1 Å². The number of hydrogen-bond acceptors (Lipinski definition) is 6. The molecule has 1 aliphatic heterocycles. The number of carbonyl (C=O) groups is 1. The van der Waals surface area contributed by atoms with E-state index in [9.17, 15) is 37.2 Å². The van der Waals surface area contributed by atoms with E-state index in [2.05, 4.69) is 0 Å². The molecule has 1 saturated carbocycles. The van der Waals surface area contributed by atoms with Gasteiger partial charge < -0.3 is 10.0 Å². The van der Waals surface area contributed by atoms with Crippen molar-refractivity contribution in [3.8, 4) is 0 Å². The van der Waals surface area contributed by atoms with Crippen LogP contribution in [0, 0.1) is 21.4 Å². The smallest absolute Gasteiger partial charge is 0.341 e. The number of carboxylic acid groups (broad SMARTS) is 1. The minimum absolute atomic E-state index is 0.0400. The van der Waals surface area contributed by atoms with Crippen LogP contribution in [-0.4, -0.2) is 43.3 Å². The Balaban J connectivity index is 2.02. The summed E-state index contributed by atoms with van der Waals surface area (Å²) in [5.74, 6) is -4.81. The molecule has 2 atom stereocenters. The Kier molecular flexibility index (Phi) is 4.37. The summed E-state index contributed by atoms with van der Waals surface area (Å²) < 4.78 is 48.5. The molecule has 0 unspecified atom stereocenters. The van der Waals surface area contributed by atoms with Gasteiger partial charge in [0.15, 0.2) is 0 Å². The van der Waals surface area contributed by atoms with E-state index in [-0.39, 0.29) is 24.7 Å². The van der Waals surface area contributed by atoms with Crippen molar-refractivity contribution in [1.82, 2.24) is 0 Å². The van der Waals surface area contributed by atoms with Gasteiger partial charge in [-0.3, -0.25) is 14.9 Å². The minimum atomic E-state index is -4.96. The molecule has 3 rings (SSSR count). The van der Waals surface area contributed by atoms with Crippen molar-refractivity contribution in [3.05, 3.63) is 28.3 Å². The van der Waals surface area contributed by atoms with Crippen LogP contribution in [0.25, 0.3) is 0 Å². The van der Waals surface area contributed by atoms with Crippen LogP contribution in [0.1, 0.15) is 19.3 Å². The first-order valence-corrected chi connectivity index (χ1v) is 9.43. The van der Waals surface area contributed by atoms with Crippen LogP contribution >= 0.6 is 0 Å². The molecule has 2 aliphatic rings. The van der Waals surface area contributed by atoms with Crippen molar-refractivity contribution in [3.63, 3.8) is 0 Å². The Labute approximate surface area is 147 Å². The highest BCUT2D eigenvalue weighted by molar-refractivity contribution is 7.91. The molecule has 0 amide bonds. The molecule has 1 aromatic rings. The Morgan fingerprint density at radius 2 is 2.12 bits per heavy atom. The van der Waals surface area contributed by atoms with Crippen molar-refractivity contribution in [2.75, 3.05) is 18.0 Å². The van der Waals surface area contributed by atoms with Gasteiger partial charge in [0.1, 0.15) is 5.69 Å². The Hall–Kier alpha value is -2.30. The number of halogens is 2. The Morgan fingerprint density at radius 1 is 1.42 bits per heavy atom. The first-order chi connectivity index (χ1) is 12.1. The summed E-state index contributed by atoms with van der Waals surface area (Å²) in [5.41, 5.74) is -1.58. The lowest BCUT2D eigenvalue weighted by atomic mass is 9.81. The highest BCUT2D eigenvalue weighted by Crippen LogP contribution is 2.51. The van der Waals surface area contributed by atoms with Crippen LogP contribution < -0.4 is 4.90 Å². The van der Waals surface area contributed by atoms with Gasteiger partial charge in [-0.2, -0.15) is 8.78 Å². The molecule has 1 aromatic carbocycles. The van der Waals surface area contributed by atoms with E-state index in [1.54, 1.807) is 0 Å². The molecule has 11 heteroatoms. The standard InChI is InChI=1S/C15H16F2N2O6S/c16-14(17)26(24,25)10-3-4-11(12(6-10)19(22)23)18-7-9-2-1-5-15(9,8-18)13(20)21/h3-4,6,9,14H,1-2,5,7-8H2,(H,20,21)/t9-,15+/m0/s1. The quantitative estimate of drug-likeness (QED) is 0.605. The minimum Gasteiger partial charge on any atom is -0.481 e. The molecule has 1 N–H and O–H groups in total. The fraction of sp³-hybridized carbons (Fsp3) is 0.533. The molecular weight excluding hydrogens is 374 g/mol. The van der Waals surface area contributed by atoms with Gasteiger partial charge in [-0.1, -0.05) is 6.42 Å². The van der Waals surface area contributed by atoms with Gasteiger partial charge in [-0.15, -0.1) is 0 Å². The molecule has 26 heavy (non-hydrogen) atoms. The van der Waals surface area contributed by atoms with Gasteiger partial charge in [0.25, 0.3) is 5.69 Å². The van der Waals surface area contributed by atoms with E-state index in [4.69, 9.17) is 0 Å². The van der Waals surface area contributed by atoms with Gasteiger partial charge in [0.2, 0.25) is 9.84 Å². The van der Waals surface area contributed by atoms with Crippen LogP contribution in [0.4, 0.5) is 20.2 Å². The van der Waals surface area contributed by atoms with Gasteiger partial charge in [-0.05, 0) is 30.9 Å². The summed E-state index contributed by atoms with van der Waals surface area (Å²) in [7, 11) is -4.96. The van der Waals surface area contributed by atoms with Gasteiger partial charge in [0, 0.05) is 19.2 Å². The van der Waals surface area contributed by atoms with Crippen molar-refractivity contribution in [1.29, 1.82) is 0 Å². The van der Waals surface area contributed by atoms with Gasteiger partial charge in [-0.25, -0.2) is 8.42 Å². The van der Waals surface area contributed by atoms with Crippen molar-refractivity contribution >= 4 is 27.2 Å². The molecule has 0 radical (unpaired) electrons. The van der Waals surface area contributed by atoms with Gasteiger partial charge in [0.05, 0.1) is 15.2 Å². The fourth-order valence-corrected chi connectivity index (χ4v) is 4.76. The van der Waals surface area contributed by atoms with Crippen LogP contribution in [0.3, 0.4) is 0 Å². The predicted molar refractivity (Wildman–Crippen MR) is 85.9 cm³/mol. The van der Waals surface area contributed by atoms with E-state index in [1.807, 2.05) is 0 Å². The molecule has 8 nitrogen and oxygen atoms in total. The number of hydrogen-bond donors (Lipinski definition) is 1. The molecule has 142 valence electrons. The third-order valence-electron chi connectivity index (χ3n) is 5.34. The highest BCUT2D eigenvalue weighted by Gasteiger charge is 2.55. The lowest BCUT2D eigenvalue weighted by molar-refractivity contribution is -0.384. The maximum atomic E-state index is 12.7. The maximum Gasteiger partial charge on any atom is 0.341 e. The fourth-order valence-electron chi connectivity index (χ4n) is 4.02. The lowest BCUT2D eigenvalue weighted by Crippen LogP contribution is -2.35. The third kappa shape index (κ3) is 2.70. The molecule has 0 spiro atoms. The Morgan fingerprint density at radius 3 is 2.65 bits per heavy atom. The number of nitro benzene ring substituents is 1. The number of nitro groups is 1. The molecule has 1 aliphatic carbocycles. The van der Waals surface area contributed by atoms with Crippen LogP contribution in [-0.2, 0) is 14.6 Å². The number of sulfone groups is 1. The number of alkyl halides is 2. The summed E-state index contributed by atoms with van der Waals surface area (Å²) in [6, 6.07) is 2.60. The second-order valence-electron chi connectivity index (χ2n) is 6.64. The monoisotopic (exact) mass is 390 g/mol. The number of fused-ring (bicyclic) bond motifs is 1. The predicted octanol–water partition coefficient (Wildman–Crippen LogP) is 2.28. The number of anilines is 1. The summed E-state index contributed by atoms with van der Waals surface area (Å²) in [6.45, 7) is 0.350. The number of aliphatic carboxylic acids is 1. The summed E-state index contributed by atoms with van der Waals surface area (Å²) >= 11 is 0. The SMILES string of the molecule is O=C(O)[C@@]12CCC[C@H]1CN(c1ccc(S(=O)(=O)C(F)F)cc1[N+](=O)[O-])C2.